The van der Waals surface area contributed by atoms with E-state index in [4.69, 9.17) is 0 Å². The van der Waals surface area contributed by atoms with Crippen molar-refractivity contribution in [1.29, 1.82) is 0 Å². The van der Waals surface area contributed by atoms with Crippen molar-refractivity contribution in [1.82, 2.24) is 4.98 Å². The van der Waals surface area contributed by atoms with Crippen LogP contribution in [-0.4, -0.2) is 19.1 Å². The van der Waals surface area contributed by atoms with Crippen molar-refractivity contribution < 1.29 is 0 Å². The molecule has 0 unspecified atom stereocenters. The minimum absolute atomic E-state index is 0.0267. The second kappa shape index (κ2) is 5.57. The Kier molecular flexibility index (Phi) is 3.85. The van der Waals surface area contributed by atoms with E-state index in [0.29, 0.717) is 0 Å². The average molecular weight is 254 g/mol. The molecular formula is C16H18N2O. The van der Waals surface area contributed by atoms with Crippen molar-refractivity contribution in [3.8, 4) is 0 Å². The third kappa shape index (κ3) is 3.58. The molecular weight excluding hydrogens is 236 g/mol. The second-order valence-corrected chi connectivity index (χ2v) is 4.77. The Balaban J connectivity index is 2.20. The van der Waals surface area contributed by atoms with Crippen LogP contribution in [0.5, 0.6) is 0 Å². The first-order valence-electron chi connectivity index (χ1n) is 6.21. The van der Waals surface area contributed by atoms with E-state index in [1.807, 2.05) is 33.2 Å². The van der Waals surface area contributed by atoms with Crippen molar-refractivity contribution >= 4 is 17.8 Å². The topological polar surface area (TPSA) is 36.1 Å². The van der Waals surface area contributed by atoms with E-state index in [1.165, 1.54) is 5.69 Å². The molecule has 0 aliphatic rings. The fourth-order valence-electron chi connectivity index (χ4n) is 1.87. The molecule has 0 aliphatic heterocycles. The maximum Gasteiger partial charge on any atom is 0.182 e. The molecule has 0 fully saturated rings. The van der Waals surface area contributed by atoms with Crippen LogP contribution in [0.25, 0.3) is 12.2 Å². The highest BCUT2D eigenvalue weighted by molar-refractivity contribution is 5.69. The minimum Gasteiger partial charge on any atom is -0.378 e. The van der Waals surface area contributed by atoms with Crippen LogP contribution in [0.4, 0.5) is 5.69 Å². The molecule has 1 N–H and O–H groups in total. The molecule has 1 heterocycles. The largest absolute Gasteiger partial charge is 0.378 e. The van der Waals surface area contributed by atoms with Crippen molar-refractivity contribution in [2.24, 2.45) is 0 Å². The monoisotopic (exact) mass is 254 g/mol. The fraction of sp³-hybridized carbons (Fsp3) is 0.188. The van der Waals surface area contributed by atoms with Gasteiger partial charge in [-0.05, 0) is 30.7 Å². The van der Waals surface area contributed by atoms with E-state index in [0.717, 1.165) is 17.0 Å². The molecule has 0 saturated heterocycles. The molecule has 2 aromatic rings. The first-order valence-corrected chi connectivity index (χ1v) is 6.21. The van der Waals surface area contributed by atoms with Crippen LogP contribution in [0.2, 0.25) is 0 Å². The van der Waals surface area contributed by atoms with Crippen LogP contribution in [0.1, 0.15) is 17.0 Å². The van der Waals surface area contributed by atoms with Crippen molar-refractivity contribution in [2.75, 3.05) is 19.0 Å². The summed E-state index contributed by atoms with van der Waals surface area (Å²) in [4.78, 5) is 16.6. The summed E-state index contributed by atoms with van der Waals surface area (Å²) in [6, 6.07) is 11.4. The van der Waals surface area contributed by atoms with Gasteiger partial charge in [-0.15, -0.1) is 0 Å². The van der Waals surface area contributed by atoms with E-state index < -0.39 is 0 Å². The Hall–Kier alpha value is -2.29. The van der Waals surface area contributed by atoms with Crippen molar-refractivity contribution in [3.63, 3.8) is 0 Å². The third-order valence-electron chi connectivity index (χ3n) is 2.86. The van der Waals surface area contributed by atoms with Gasteiger partial charge in [-0.2, -0.15) is 0 Å². The zero-order chi connectivity index (χ0) is 13.8. The number of hydrogen-bond acceptors (Lipinski definition) is 2. The second-order valence-electron chi connectivity index (χ2n) is 4.77. The zero-order valence-electron chi connectivity index (χ0n) is 11.5. The minimum atomic E-state index is 0.0267. The Morgan fingerprint density at radius 2 is 1.74 bits per heavy atom. The first-order chi connectivity index (χ1) is 9.04. The van der Waals surface area contributed by atoms with Gasteiger partial charge in [0.15, 0.2) is 5.43 Å². The predicted octanol–water partition coefficient (Wildman–Crippen LogP) is 2.92. The highest BCUT2D eigenvalue weighted by Crippen LogP contribution is 2.14. The van der Waals surface area contributed by atoms with Gasteiger partial charge in [-0.1, -0.05) is 18.2 Å². The van der Waals surface area contributed by atoms with Crippen molar-refractivity contribution in [3.05, 3.63) is 63.6 Å². The van der Waals surface area contributed by atoms with Gasteiger partial charge in [-0.25, -0.2) is 0 Å². The number of aromatic amines is 1. The average Bonchev–Trinajstić information content (AvgIpc) is 2.36. The van der Waals surface area contributed by atoms with Crippen LogP contribution in [0.3, 0.4) is 0 Å². The molecule has 1 aromatic carbocycles. The number of hydrogen-bond donors (Lipinski definition) is 1. The van der Waals surface area contributed by atoms with Crippen LogP contribution in [0, 0.1) is 6.92 Å². The lowest BCUT2D eigenvalue weighted by molar-refractivity contribution is 1.13. The molecule has 3 heteroatoms. The van der Waals surface area contributed by atoms with E-state index >= 15 is 0 Å². The molecule has 0 spiro atoms. The number of nitrogens with one attached hydrogen (secondary N) is 1. The lowest BCUT2D eigenvalue weighted by Gasteiger charge is -2.11. The summed E-state index contributed by atoms with van der Waals surface area (Å²) in [6.07, 6.45) is 3.91. The normalized spacial score (nSPS) is 10.9. The summed E-state index contributed by atoms with van der Waals surface area (Å²) >= 11 is 0. The molecule has 0 radical (unpaired) electrons. The number of nitrogens with zero attached hydrogens (tertiary/aromatic N) is 1. The molecule has 0 aliphatic carbocycles. The quantitative estimate of drug-likeness (QED) is 0.914. The number of aryl methyl sites for hydroxylation is 1. The molecule has 1 aromatic heterocycles. The van der Waals surface area contributed by atoms with Gasteiger partial charge in [0, 0.05) is 43.3 Å². The van der Waals surface area contributed by atoms with Crippen LogP contribution >= 0.6 is 0 Å². The Bertz CT molecular complexity index is 637. The summed E-state index contributed by atoms with van der Waals surface area (Å²) in [6.45, 7) is 1.88. The number of rotatable bonds is 3. The first kappa shape index (κ1) is 13.1. The Labute approximate surface area is 113 Å². The summed E-state index contributed by atoms with van der Waals surface area (Å²) in [7, 11) is 4.03. The van der Waals surface area contributed by atoms with Gasteiger partial charge in [-0.3, -0.25) is 4.79 Å². The molecule has 2 rings (SSSR count). The smallest absolute Gasteiger partial charge is 0.182 e. The molecule has 19 heavy (non-hydrogen) atoms. The van der Waals surface area contributed by atoms with Gasteiger partial charge in [0.05, 0.1) is 0 Å². The molecule has 0 amide bonds. The fourth-order valence-corrected chi connectivity index (χ4v) is 1.87. The van der Waals surface area contributed by atoms with Gasteiger partial charge >= 0.3 is 0 Å². The molecule has 0 saturated carbocycles. The Morgan fingerprint density at radius 3 is 2.32 bits per heavy atom. The number of anilines is 1. The van der Waals surface area contributed by atoms with Crippen LogP contribution in [-0.2, 0) is 0 Å². The summed E-state index contributed by atoms with van der Waals surface area (Å²) < 4.78 is 0. The van der Waals surface area contributed by atoms with E-state index in [1.54, 1.807) is 12.1 Å². The molecule has 3 nitrogen and oxygen atoms in total. The van der Waals surface area contributed by atoms with E-state index in [2.05, 4.69) is 34.1 Å². The van der Waals surface area contributed by atoms with E-state index in [9.17, 15) is 4.79 Å². The zero-order valence-corrected chi connectivity index (χ0v) is 11.5. The van der Waals surface area contributed by atoms with Gasteiger partial charge in [0.25, 0.3) is 0 Å². The van der Waals surface area contributed by atoms with Crippen LogP contribution < -0.4 is 10.3 Å². The standard InChI is InChI=1S/C16H18N2O/c1-12-10-16(19)11-14(17-12)7-4-13-5-8-15(9-6-13)18(2)3/h4-11H,1-3H3,(H,17,19). The highest BCUT2D eigenvalue weighted by atomic mass is 16.1. The number of benzene rings is 1. The summed E-state index contributed by atoms with van der Waals surface area (Å²) in [5.41, 5.74) is 3.99. The maximum atomic E-state index is 11.4. The predicted molar refractivity (Wildman–Crippen MR) is 81.5 cm³/mol. The lowest BCUT2D eigenvalue weighted by Crippen LogP contribution is -2.07. The van der Waals surface area contributed by atoms with Gasteiger partial charge < -0.3 is 9.88 Å². The number of aromatic nitrogens is 1. The SMILES string of the molecule is Cc1cc(=O)cc(C=Cc2ccc(N(C)C)cc2)[nH]1. The lowest BCUT2D eigenvalue weighted by atomic mass is 10.1. The summed E-state index contributed by atoms with van der Waals surface area (Å²) in [5, 5.41) is 0. The molecule has 0 bridgehead atoms. The van der Waals surface area contributed by atoms with Gasteiger partial charge in [0.1, 0.15) is 0 Å². The highest BCUT2D eigenvalue weighted by Gasteiger charge is 1.95. The Morgan fingerprint density at radius 1 is 1.05 bits per heavy atom. The number of H-pyrrole nitrogens is 1. The third-order valence-corrected chi connectivity index (χ3v) is 2.86. The molecule has 98 valence electrons. The maximum absolute atomic E-state index is 11.4. The van der Waals surface area contributed by atoms with Crippen LogP contribution in [0.15, 0.2) is 41.2 Å². The van der Waals surface area contributed by atoms with E-state index in [-0.39, 0.29) is 5.43 Å². The van der Waals surface area contributed by atoms with Crippen molar-refractivity contribution in [2.45, 2.75) is 6.92 Å². The summed E-state index contributed by atoms with van der Waals surface area (Å²) in [5.74, 6) is 0. The van der Waals surface area contributed by atoms with Gasteiger partial charge in [0.2, 0.25) is 0 Å². The molecule has 0 atom stereocenters. The number of pyridine rings is 1.